The molecule has 2 aromatic rings. The highest BCUT2D eigenvalue weighted by molar-refractivity contribution is 7.94. The maximum atomic E-state index is 13.1. The Hall–Kier alpha value is -2.10. The maximum absolute atomic E-state index is 13.1. The number of hydrogen-bond acceptors (Lipinski definition) is 5. The van der Waals surface area contributed by atoms with Gasteiger partial charge in [0.05, 0.1) is 4.90 Å². The second-order valence-electron chi connectivity index (χ2n) is 6.75. The normalized spacial score (nSPS) is 14.9. The molecule has 0 atom stereocenters. The zero-order valence-corrected chi connectivity index (χ0v) is 17.6. The molecule has 0 spiro atoms. The number of ether oxygens (including phenoxy) is 1. The molecule has 0 aromatic heterocycles. The number of anilines is 2. The first-order chi connectivity index (χ1) is 13.7. The van der Waals surface area contributed by atoms with Crippen LogP contribution < -0.4 is 18.8 Å². The molecule has 0 amide bonds. The van der Waals surface area contributed by atoms with Gasteiger partial charge in [-0.15, -0.1) is 0 Å². The maximum Gasteiger partial charge on any atom is 0.387 e. The smallest absolute Gasteiger partial charge is 0.387 e. The Morgan fingerprint density at radius 1 is 1.14 bits per heavy atom. The summed E-state index contributed by atoms with van der Waals surface area (Å²) in [5, 5.41) is 3.25. The van der Waals surface area contributed by atoms with Gasteiger partial charge < -0.3 is 15.0 Å². The minimum atomic E-state index is -4.21. The van der Waals surface area contributed by atoms with Crippen LogP contribution in [0.15, 0.2) is 41.3 Å². The SMILES string of the molecule is Cc1ccc(N(Cl)S(=O)(=O)c2ccc(C)c(N3CCNCC3)c2)c(OC(F)F)c1. The van der Waals surface area contributed by atoms with E-state index in [9.17, 15) is 17.2 Å². The number of halogens is 3. The first kappa shape index (κ1) is 21.6. The van der Waals surface area contributed by atoms with Crippen molar-refractivity contribution in [1.29, 1.82) is 0 Å². The van der Waals surface area contributed by atoms with Crippen LogP contribution in [0.1, 0.15) is 11.1 Å². The summed E-state index contributed by atoms with van der Waals surface area (Å²) in [5.41, 5.74) is 2.18. The van der Waals surface area contributed by atoms with Crippen LogP contribution in [0.3, 0.4) is 0 Å². The minimum absolute atomic E-state index is 0.0322. The third-order valence-electron chi connectivity index (χ3n) is 4.67. The molecule has 158 valence electrons. The average Bonchev–Trinajstić information content (AvgIpc) is 2.68. The standard InChI is InChI=1S/C19H22ClF2N3O3S/c1-13-3-6-16(18(11-13)28-19(21)22)25(20)29(26,27)15-5-4-14(2)17(12-15)24-9-7-23-8-10-24/h3-6,11-12,19,23H,7-10H2,1-2H3. The summed E-state index contributed by atoms with van der Waals surface area (Å²) in [6.07, 6.45) is 0. The van der Waals surface area contributed by atoms with E-state index in [1.54, 1.807) is 25.1 Å². The number of aryl methyl sites for hydroxylation is 2. The van der Waals surface area contributed by atoms with E-state index in [0.29, 0.717) is 9.39 Å². The van der Waals surface area contributed by atoms with Crippen LogP contribution in [0.4, 0.5) is 20.2 Å². The third kappa shape index (κ3) is 4.73. The van der Waals surface area contributed by atoms with E-state index >= 15 is 0 Å². The summed E-state index contributed by atoms with van der Waals surface area (Å²) in [7, 11) is -4.21. The van der Waals surface area contributed by atoms with Crippen molar-refractivity contribution in [2.75, 3.05) is 34.9 Å². The van der Waals surface area contributed by atoms with Gasteiger partial charge >= 0.3 is 6.61 Å². The van der Waals surface area contributed by atoms with Crippen molar-refractivity contribution in [3.8, 4) is 5.75 Å². The second kappa shape index (κ2) is 8.73. The van der Waals surface area contributed by atoms with Crippen molar-refractivity contribution in [3.63, 3.8) is 0 Å². The van der Waals surface area contributed by atoms with Gasteiger partial charge in [0.25, 0.3) is 10.0 Å². The van der Waals surface area contributed by atoms with Gasteiger partial charge in [0.2, 0.25) is 0 Å². The summed E-state index contributed by atoms with van der Waals surface area (Å²) in [6.45, 7) is 3.57. The molecule has 0 aliphatic carbocycles. The number of benzene rings is 2. The van der Waals surface area contributed by atoms with Crippen LogP contribution in [0, 0.1) is 13.8 Å². The van der Waals surface area contributed by atoms with E-state index < -0.39 is 16.6 Å². The Morgan fingerprint density at radius 3 is 2.48 bits per heavy atom. The summed E-state index contributed by atoms with van der Waals surface area (Å²) in [6, 6.07) is 8.94. The van der Waals surface area contributed by atoms with E-state index in [2.05, 4.69) is 15.0 Å². The topological polar surface area (TPSA) is 61.9 Å². The Bertz CT molecular complexity index is 983. The van der Waals surface area contributed by atoms with E-state index in [-0.39, 0.29) is 16.3 Å². The van der Waals surface area contributed by atoms with Gasteiger partial charge in [0.1, 0.15) is 5.69 Å². The predicted molar refractivity (Wildman–Crippen MR) is 110 cm³/mol. The number of nitrogens with one attached hydrogen (secondary N) is 1. The quantitative estimate of drug-likeness (QED) is 0.687. The molecule has 1 aliphatic rings. The summed E-state index contributed by atoms with van der Waals surface area (Å²) < 4.78 is 56.7. The van der Waals surface area contributed by atoms with E-state index in [1.165, 1.54) is 18.2 Å². The van der Waals surface area contributed by atoms with E-state index in [1.807, 2.05) is 6.92 Å². The number of nitrogens with zero attached hydrogens (tertiary/aromatic N) is 2. The lowest BCUT2D eigenvalue weighted by Gasteiger charge is -2.31. The summed E-state index contributed by atoms with van der Waals surface area (Å²) in [5.74, 6) is -0.312. The van der Waals surface area contributed by atoms with Crippen LogP contribution in [-0.2, 0) is 10.0 Å². The number of rotatable bonds is 6. The molecule has 0 radical (unpaired) electrons. The van der Waals surface area contributed by atoms with Crippen molar-refractivity contribution in [3.05, 3.63) is 47.5 Å². The molecule has 29 heavy (non-hydrogen) atoms. The molecule has 0 unspecified atom stereocenters. The van der Waals surface area contributed by atoms with Crippen molar-refractivity contribution in [2.24, 2.45) is 0 Å². The van der Waals surface area contributed by atoms with Crippen LogP contribution in [0.2, 0.25) is 0 Å². The van der Waals surface area contributed by atoms with Crippen LogP contribution in [0.25, 0.3) is 0 Å². The monoisotopic (exact) mass is 445 g/mol. The fourth-order valence-corrected chi connectivity index (χ4v) is 4.65. The minimum Gasteiger partial charge on any atom is -0.433 e. The number of piperazine rings is 1. The van der Waals surface area contributed by atoms with Crippen LogP contribution in [0.5, 0.6) is 5.75 Å². The Morgan fingerprint density at radius 2 is 1.83 bits per heavy atom. The molecule has 1 saturated heterocycles. The fraction of sp³-hybridized carbons (Fsp3) is 0.368. The molecule has 6 nitrogen and oxygen atoms in total. The molecular formula is C19H22ClF2N3O3S. The van der Waals surface area contributed by atoms with Gasteiger partial charge in [-0.2, -0.15) is 21.0 Å². The molecule has 2 aromatic carbocycles. The molecule has 1 aliphatic heterocycles. The Labute approximate surface area is 174 Å². The van der Waals surface area contributed by atoms with Gasteiger partial charge in [-0.05, 0) is 49.2 Å². The lowest BCUT2D eigenvalue weighted by Crippen LogP contribution is -2.43. The molecular weight excluding hydrogens is 424 g/mol. The zero-order valence-electron chi connectivity index (χ0n) is 16.0. The predicted octanol–water partition coefficient (Wildman–Crippen LogP) is 3.66. The summed E-state index contributed by atoms with van der Waals surface area (Å²) in [4.78, 5) is 2.07. The Kier molecular flexibility index (Phi) is 6.50. The number of sulfonamides is 1. The molecule has 3 rings (SSSR count). The molecule has 1 N–H and O–H groups in total. The Balaban J connectivity index is 1.99. The highest BCUT2D eigenvalue weighted by atomic mass is 35.5. The lowest BCUT2D eigenvalue weighted by molar-refractivity contribution is -0.0494. The average molecular weight is 446 g/mol. The van der Waals surface area contributed by atoms with Crippen molar-refractivity contribution in [2.45, 2.75) is 25.4 Å². The van der Waals surface area contributed by atoms with Gasteiger partial charge in [-0.25, -0.2) is 0 Å². The number of hydrogen-bond donors (Lipinski definition) is 1. The molecule has 1 heterocycles. The van der Waals surface area contributed by atoms with Gasteiger partial charge in [-0.1, -0.05) is 12.1 Å². The van der Waals surface area contributed by atoms with E-state index in [0.717, 1.165) is 37.4 Å². The zero-order chi connectivity index (χ0) is 21.2. The van der Waals surface area contributed by atoms with E-state index in [4.69, 9.17) is 11.8 Å². The summed E-state index contributed by atoms with van der Waals surface area (Å²) >= 11 is 6.15. The van der Waals surface area contributed by atoms with Crippen LogP contribution in [-0.4, -0.2) is 41.2 Å². The highest BCUT2D eigenvalue weighted by Gasteiger charge is 2.28. The van der Waals surface area contributed by atoms with Gasteiger partial charge in [0.15, 0.2) is 5.75 Å². The van der Waals surface area contributed by atoms with Crippen molar-refractivity contribution >= 4 is 33.2 Å². The molecule has 0 saturated carbocycles. The van der Waals surface area contributed by atoms with Crippen molar-refractivity contribution < 1.29 is 21.9 Å². The van der Waals surface area contributed by atoms with Gasteiger partial charge in [0, 0.05) is 43.6 Å². The molecule has 10 heteroatoms. The van der Waals surface area contributed by atoms with Gasteiger partial charge in [-0.3, -0.25) is 0 Å². The third-order valence-corrected chi connectivity index (χ3v) is 6.86. The largest absolute Gasteiger partial charge is 0.433 e. The fourth-order valence-electron chi connectivity index (χ4n) is 3.18. The number of alkyl halides is 2. The van der Waals surface area contributed by atoms with Crippen LogP contribution >= 0.6 is 11.8 Å². The molecule has 0 bridgehead atoms. The highest BCUT2D eigenvalue weighted by Crippen LogP contribution is 2.36. The first-order valence-electron chi connectivity index (χ1n) is 9.03. The first-order valence-corrected chi connectivity index (χ1v) is 10.8. The molecule has 1 fully saturated rings. The van der Waals surface area contributed by atoms with Crippen molar-refractivity contribution in [1.82, 2.24) is 5.32 Å². The second-order valence-corrected chi connectivity index (χ2v) is 9.08. The lowest BCUT2D eigenvalue weighted by atomic mass is 10.1.